The summed E-state index contributed by atoms with van der Waals surface area (Å²) in [6, 6.07) is 24.3. The van der Waals surface area contributed by atoms with Crippen molar-refractivity contribution in [1.82, 2.24) is 0 Å². The van der Waals surface area contributed by atoms with E-state index in [2.05, 4.69) is 13.2 Å². The Balaban J connectivity index is 0.798. The lowest BCUT2D eigenvalue weighted by molar-refractivity contribution is -0.139. The monoisotopic (exact) mass is 972 g/mol. The van der Waals surface area contributed by atoms with Crippen LogP contribution in [0.5, 0.6) is 23.0 Å². The van der Waals surface area contributed by atoms with Crippen molar-refractivity contribution in [2.45, 2.75) is 107 Å². The highest BCUT2D eigenvalue weighted by Gasteiger charge is 2.49. The summed E-state index contributed by atoms with van der Waals surface area (Å²) in [7, 11) is 0. The smallest absolute Gasteiger partial charge is 0.490 e. The lowest BCUT2D eigenvalue weighted by Crippen LogP contribution is -2.31. The molecule has 0 bridgehead atoms. The third kappa shape index (κ3) is 12.6. The first-order valence-corrected chi connectivity index (χ1v) is 24.0. The number of hydrogen-bond donors (Lipinski definition) is 0. The number of hydrogen-bond acceptors (Lipinski definition) is 16. The van der Waals surface area contributed by atoms with Gasteiger partial charge in [-0.2, -0.15) is 0 Å². The molecule has 0 aromatic heterocycles. The number of carbonyl (C=O) groups is 6. The molecule has 71 heavy (non-hydrogen) atoms. The Labute approximate surface area is 411 Å². The van der Waals surface area contributed by atoms with Crippen LogP contribution in [0.15, 0.2) is 110 Å². The Hall–Kier alpha value is -7.62. The van der Waals surface area contributed by atoms with Crippen LogP contribution in [0.4, 0.5) is 9.59 Å². The van der Waals surface area contributed by atoms with E-state index >= 15 is 0 Å². The van der Waals surface area contributed by atoms with Crippen LogP contribution in [0.2, 0.25) is 0 Å². The largest absolute Gasteiger partial charge is 0.514 e. The highest BCUT2D eigenvalue weighted by atomic mass is 16.7. The maximum absolute atomic E-state index is 13.4. The molecule has 16 nitrogen and oxygen atoms in total. The molecular formula is C55H56O16. The molecule has 2 fully saturated rings. The van der Waals surface area contributed by atoms with Gasteiger partial charge in [0.1, 0.15) is 73.8 Å². The summed E-state index contributed by atoms with van der Waals surface area (Å²) >= 11 is 0. The first-order valence-electron chi connectivity index (χ1n) is 24.0. The van der Waals surface area contributed by atoms with Gasteiger partial charge in [-0.15, -0.1) is 0 Å². The highest BCUT2D eigenvalue weighted by molar-refractivity contribution is 5.90. The van der Waals surface area contributed by atoms with Crippen LogP contribution < -0.4 is 18.9 Å². The number of ether oxygens (including phenoxy) is 10. The molecule has 0 atom stereocenters. The van der Waals surface area contributed by atoms with Crippen molar-refractivity contribution in [3.63, 3.8) is 0 Å². The second-order valence-electron chi connectivity index (χ2n) is 17.7. The van der Waals surface area contributed by atoms with E-state index in [1.54, 1.807) is 60.7 Å². The molecule has 0 radical (unpaired) electrons. The second kappa shape index (κ2) is 23.3. The van der Waals surface area contributed by atoms with E-state index in [4.69, 9.17) is 47.4 Å². The molecule has 0 heterocycles. The van der Waals surface area contributed by atoms with Gasteiger partial charge in [0, 0.05) is 28.7 Å². The molecule has 2 saturated carbocycles. The molecule has 4 aromatic rings. The molecule has 0 N–H and O–H groups in total. The van der Waals surface area contributed by atoms with Crippen LogP contribution in [0.25, 0.3) is 0 Å². The fourth-order valence-electron chi connectivity index (χ4n) is 9.84. The lowest BCUT2D eigenvalue weighted by Gasteiger charge is -2.30. The minimum absolute atomic E-state index is 0.0654. The van der Waals surface area contributed by atoms with Gasteiger partial charge < -0.3 is 47.4 Å². The van der Waals surface area contributed by atoms with Gasteiger partial charge in [-0.05, 0) is 149 Å². The van der Waals surface area contributed by atoms with Crippen molar-refractivity contribution >= 4 is 36.2 Å². The van der Waals surface area contributed by atoms with Gasteiger partial charge in [0.25, 0.3) is 0 Å². The molecule has 16 heteroatoms. The van der Waals surface area contributed by atoms with Crippen molar-refractivity contribution in [1.29, 1.82) is 0 Å². The van der Waals surface area contributed by atoms with E-state index in [1.807, 2.05) is 24.3 Å². The molecule has 1 spiro atoms. The van der Waals surface area contributed by atoms with Gasteiger partial charge in [0.15, 0.2) is 0 Å². The molecule has 0 amide bonds. The molecule has 4 aliphatic rings. The average molecular weight is 973 g/mol. The van der Waals surface area contributed by atoms with Crippen LogP contribution in [0.3, 0.4) is 0 Å². The molecule has 372 valence electrons. The second-order valence-corrected chi connectivity index (χ2v) is 17.7. The van der Waals surface area contributed by atoms with Gasteiger partial charge in [-0.3, -0.25) is 0 Å². The van der Waals surface area contributed by atoms with Crippen LogP contribution >= 0.6 is 0 Å². The van der Waals surface area contributed by atoms with Crippen molar-refractivity contribution in [3.05, 3.63) is 144 Å². The van der Waals surface area contributed by atoms with Crippen LogP contribution in [0.1, 0.15) is 107 Å². The van der Waals surface area contributed by atoms with Crippen molar-refractivity contribution in [3.8, 4) is 23.0 Å². The summed E-state index contributed by atoms with van der Waals surface area (Å²) in [5.41, 5.74) is 4.00. The number of fused-ring (bicyclic) bond motifs is 4. The zero-order valence-electron chi connectivity index (χ0n) is 39.3. The number of aryl methyl sites for hydroxylation is 2. The number of rotatable bonds is 18. The van der Waals surface area contributed by atoms with E-state index < -0.39 is 53.8 Å². The van der Waals surface area contributed by atoms with Gasteiger partial charge >= 0.3 is 36.2 Å². The summed E-state index contributed by atoms with van der Waals surface area (Å²) in [5, 5.41) is 0. The fraction of sp³-hybridized carbons (Fsp3) is 0.382. The zero-order valence-corrected chi connectivity index (χ0v) is 39.3. The summed E-state index contributed by atoms with van der Waals surface area (Å²) in [6.07, 6.45) is 5.87. The minimum Gasteiger partial charge on any atom is -0.490 e. The standard InChI is InChI=1S/C55H56O16/c1-3-47(56)64-33-31-62-39-15-11-37(12-16-39)51(58)66-41-19-23-43(24-20-41)68-53(60)70-45-9-5-7-35-27-29-55(49(35)45)30-28-36-8-6-10-46(50(36)55)71-54(61)69-44-25-21-42(22-26-44)67-52(59)38-13-17-40(18-14-38)63-32-34-65-48(57)4-2/h3-18,41-44H,1-2,19-34H2. The number of esters is 4. The predicted octanol–water partition coefficient (Wildman–Crippen LogP) is 9.45. The van der Waals surface area contributed by atoms with E-state index in [1.165, 1.54) is 0 Å². The number of benzene rings is 4. The molecular weight excluding hydrogens is 917 g/mol. The van der Waals surface area contributed by atoms with E-state index in [-0.39, 0.29) is 38.6 Å². The summed E-state index contributed by atoms with van der Waals surface area (Å²) in [4.78, 5) is 75.1. The zero-order chi connectivity index (χ0) is 49.7. The van der Waals surface area contributed by atoms with Gasteiger partial charge in [-0.25, -0.2) is 28.8 Å². The topological polar surface area (TPSA) is 195 Å². The Morgan fingerprint density at radius 1 is 0.479 bits per heavy atom. The van der Waals surface area contributed by atoms with Crippen LogP contribution in [0, 0.1) is 0 Å². The van der Waals surface area contributed by atoms with Crippen LogP contribution in [-0.4, -0.2) is 87.0 Å². The molecule has 0 saturated heterocycles. The van der Waals surface area contributed by atoms with Gasteiger partial charge in [0.05, 0.1) is 11.1 Å². The summed E-state index contributed by atoms with van der Waals surface area (Å²) in [6.45, 7) is 7.12. The maximum atomic E-state index is 13.4. The predicted molar refractivity (Wildman–Crippen MR) is 254 cm³/mol. The van der Waals surface area contributed by atoms with Crippen molar-refractivity contribution < 1.29 is 76.1 Å². The fourth-order valence-corrected chi connectivity index (χ4v) is 9.84. The Morgan fingerprint density at radius 3 is 1.21 bits per heavy atom. The Kier molecular flexibility index (Phi) is 16.4. The molecule has 4 aliphatic carbocycles. The third-order valence-corrected chi connectivity index (χ3v) is 13.2. The lowest BCUT2D eigenvalue weighted by atomic mass is 9.76. The highest BCUT2D eigenvalue weighted by Crippen LogP contribution is 2.57. The first-order chi connectivity index (χ1) is 34.5. The van der Waals surface area contributed by atoms with Crippen molar-refractivity contribution in [2.24, 2.45) is 0 Å². The molecule has 0 aliphatic heterocycles. The third-order valence-electron chi connectivity index (χ3n) is 13.2. The number of carbonyl (C=O) groups excluding carboxylic acids is 6. The van der Waals surface area contributed by atoms with E-state index in [0.29, 0.717) is 85.5 Å². The van der Waals surface area contributed by atoms with E-state index in [0.717, 1.165) is 60.1 Å². The Bertz CT molecular complexity index is 2410. The quantitative estimate of drug-likeness (QED) is 0.0300. The Morgan fingerprint density at radius 2 is 0.845 bits per heavy atom. The molecule has 8 rings (SSSR count). The van der Waals surface area contributed by atoms with Gasteiger partial charge in [0.2, 0.25) is 0 Å². The van der Waals surface area contributed by atoms with Crippen LogP contribution in [-0.2, 0) is 56.3 Å². The summed E-state index contributed by atoms with van der Waals surface area (Å²) < 4.78 is 56.1. The minimum atomic E-state index is -0.819. The van der Waals surface area contributed by atoms with Gasteiger partial charge in [-0.1, -0.05) is 37.4 Å². The molecule has 4 aromatic carbocycles. The average Bonchev–Trinajstić information content (AvgIpc) is 3.96. The first kappa shape index (κ1) is 49.8. The van der Waals surface area contributed by atoms with Crippen molar-refractivity contribution in [2.75, 3.05) is 26.4 Å². The van der Waals surface area contributed by atoms with E-state index in [9.17, 15) is 28.8 Å². The summed E-state index contributed by atoms with van der Waals surface area (Å²) in [5.74, 6) is -0.193. The maximum Gasteiger partial charge on any atom is 0.514 e. The SMILES string of the molecule is C=CC(=O)OCCOc1ccc(C(=O)OC2CCC(OC(=O)Oc3cccc4c3C3(CC4)CCc4cccc(OC(=O)OC5CCC(OC(=O)c6ccc(OCCOC(=O)C=C)cc6)CC5)c43)CC2)cc1. The normalized spacial score (nSPS) is 20.7. The molecule has 0 unspecified atom stereocenters.